The average molecular weight is 275 g/mol. The molecule has 1 saturated heterocycles. The molecule has 1 aliphatic heterocycles. The van der Waals surface area contributed by atoms with Crippen LogP contribution in [0.4, 0.5) is 18.0 Å². The number of ether oxygens (including phenoxy) is 1. The molecule has 1 heterocycles. The van der Waals surface area contributed by atoms with E-state index >= 15 is 0 Å². The van der Waals surface area contributed by atoms with Crippen molar-refractivity contribution in [2.24, 2.45) is 0 Å². The van der Waals surface area contributed by atoms with Crippen LogP contribution in [-0.2, 0) is 14.6 Å². The Bertz CT molecular complexity index is 392. The van der Waals surface area contributed by atoms with Crippen molar-refractivity contribution in [1.82, 2.24) is 4.90 Å². The van der Waals surface area contributed by atoms with Crippen molar-refractivity contribution in [2.45, 2.75) is 19.1 Å². The van der Waals surface area contributed by atoms with Crippen LogP contribution in [0.25, 0.3) is 0 Å². The Balaban J connectivity index is 2.54. The third-order valence-corrected chi connectivity index (χ3v) is 4.06. The quantitative estimate of drug-likeness (QED) is 0.710. The Morgan fingerprint density at radius 3 is 2.53 bits per heavy atom. The first kappa shape index (κ1) is 14.1. The van der Waals surface area contributed by atoms with Gasteiger partial charge in [0.2, 0.25) is 0 Å². The van der Waals surface area contributed by atoms with Gasteiger partial charge in [-0.15, -0.1) is 0 Å². The summed E-state index contributed by atoms with van der Waals surface area (Å²) in [5, 5.41) is 0. The molecule has 1 rings (SSSR count). The van der Waals surface area contributed by atoms with Gasteiger partial charge >= 0.3 is 12.3 Å². The van der Waals surface area contributed by atoms with Crippen LogP contribution in [0.1, 0.15) is 6.92 Å². The van der Waals surface area contributed by atoms with Crippen LogP contribution in [0.3, 0.4) is 0 Å². The smallest absolute Gasteiger partial charge is 0.422 e. The third kappa shape index (κ3) is 4.41. The largest absolute Gasteiger partial charge is 0.440 e. The normalized spacial score (nSPS) is 24.5. The van der Waals surface area contributed by atoms with E-state index in [4.69, 9.17) is 0 Å². The lowest BCUT2D eigenvalue weighted by Crippen LogP contribution is -2.50. The van der Waals surface area contributed by atoms with E-state index in [1.807, 2.05) is 0 Å². The number of amides is 1. The van der Waals surface area contributed by atoms with Crippen LogP contribution in [0.5, 0.6) is 0 Å². The molecule has 0 saturated carbocycles. The predicted octanol–water partition coefficient (Wildman–Crippen LogP) is 0.804. The monoisotopic (exact) mass is 275 g/mol. The van der Waals surface area contributed by atoms with Crippen LogP contribution < -0.4 is 0 Å². The first-order chi connectivity index (χ1) is 7.61. The van der Waals surface area contributed by atoms with Crippen LogP contribution >= 0.6 is 0 Å². The number of halogens is 3. The maximum absolute atomic E-state index is 11.8. The molecular formula is C8H12F3NO4S. The highest BCUT2D eigenvalue weighted by atomic mass is 32.2. The lowest BCUT2D eigenvalue weighted by Gasteiger charge is -2.32. The molecule has 0 radical (unpaired) electrons. The Morgan fingerprint density at radius 2 is 2.06 bits per heavy atom. The topological polar surface area (TPSA) is 63.7 Å². The van der Waals surface area contributed by atoms with Gasteiger partial charge in [-0.25, -0.2) is 13.2 Å². The maximum atomic E-state index is 11.8. The summed E-state index contributed by atoms with van der Waals surface area (Å²) in [4.78, 5) is 12.3. The molecule has 1 amide bonds. The molecule has 0 aliphatic carbocycles. The van der Waals surface area contributed by atoms with Gasteiger partial charge < -0.3 is 9.64 Å². The molecule has 17 heavy (non-hydrogen) atoms. The third-order valence-electron chi connectivity index (χ3n) is 2.26. The number of hydrogen-bond donors (Lipinski definition) is 0. The van der Waals surface area contributed by atoms with E-state index in [1.54, 1.807) is 0 Å². The summed E-state index contributed by atoms with van der Waals surface area (Å²) in [7, 11) is -3.21. The van der Waals surface area contributed by atoms with Crippen LogP contribution in [0.2, 0.25) is 0 Å². The molecule has 5 nitrogen and oxygen atoms in total. The van der Waals surface area contributed by atoms with Crippen molar-refractivity contribution in [3.8, 4) is 0 Å². The van der Waals surface area contributed by atoms with Gasteiger partial charge in [0.1, 0.15) is 0 Å². The summed E-state index contributed by atoms with van der Waals surface area (Å²) in [5.74, 6) is -0.507. The molecule has 1 aliphatic rings. The summed E-state index contributed by atoms with van der Waals surface area (Å²) >= 11 is 0. The zero-order valence-corrected chi connectivity index (χ0v) is 9.84. The number of rotatable bonds is 1. The maximum Gasteiger partial charge on any atom is 0.422 e. The number of sulfone groups is 1. The van der Waals surface area contributed by atoms with E-state index in [2.05, 4.69) is 4.74 Å². The number of carbonyl (C=O) groups is 1. The Labute approximate surface area is 96.4 Å². The Kier molecular flexibility index (Phi) is 3.90. The summed E-state index contributed by atoms with van der Waals surface area (Å²) in [6, 6.07) is -0.672. The fourth-order valence-electron chi connectivity index (χ4n) is 1.50. The van der Waals surface area contributed by atoms with Crippen molar-refractivity contribution < 1.29 is 31.1 Å². The van der Waals surface area contributed by atoms with Gasteiger partial charge in [0.15, 0.2) is 16.4 Å². The van der Waals surface area contributed by atoms with Crippen molar-refractivity contribution in [3.63, 3.8) is 0 Å². The standard InChI is InChI=1S/C8H12F3NO4S/c1-6-4-17(14,15)3-2-12(6)7(13)16-5-8(9,10)11/h6H,2-5H2,1H3. The van der Waals surface area contributed by atoms with Gasteiger partial charge in [0.25, 0.3) is 0 Å². The number of alkyl halides is 3. The number of nitrogens with zero attached hydrogens (tertiary/aromatic N) is 1. The van der Waals surface area contributed by atoms with E-state index in [0.29, 0.717) is 0 Å². The summed E-state index contributed by atoms with van der Waals surface area (Å²) in [6.45, 7) is -0.354. The highest BCUT2D eigenvalue weighted by molar-refractivity contribution is 7.91. The van der Waals surface area contributed by atoms with E-state index in [1.165, 1.54) is 6.92 Å². The average Bonchev–Trinajstić information content (AvgIpc) is 2.11. The number of hydrogen-bond acceptors (Lipinski definition) is 4. The Hall–Kier alpha value is -0.990. The van der Waals surface area contributed by atoms with Gasteiger partial charge in [0, 0.05) is 12.6 Å². The Morgan fingerprint density at radius 1 is 1.47 bits per heavy atom. The minimum atomic E-state index is -4.58. The molecule has 1 atom stereocenters. The molecular weight excluding hydrogens is 263 g/mol. The first-order valence-electron chi connectivity index (χ1n) is 4.81. The molecule has 0 aromatic heterocycles. The molecule has 0 aromatic rings. The summed E-state index contributed by atoms with van der Waals surface area (Å²) in [5.41, 5.74) is 0. The van der Waals surface area contributed by atoms with Gasteiger partial charge in [0.05, 0.1) is 11.5 Å². The minimum absolute atomic E-state index is 0.139. The molecule has 0 spiro atoms. The van der Waals surface area contributed by atoms with Crippen LogP contribution in [0, 0.1) is 0 Å². The summed E-state index contributed by atoms with van der Waals surface area (Å²) in [6.07, 6.45) is -5.72. The van der Waals surface area contributed by atoms with Crippen molar-refractivity contribution in [1.29, 1.82) is 0 Å². The van der Waals surface area contributed by atoms with E-state index in [-0.39, 0.29) is 18.1 Å². The fourth-order valence-corrected chi connectivity index (χ4v) is 3.05. The predicted molar refractivity (Wildman–Crippen MR) is 52.2 cm³/mol. The lowest BCUT2D eigenvalue weighted by atomic mass is 10.3. The minimum Gasteiger partial charge on any atom is -0.440 e. The van der Waals surface area contributed by atoms with E-state index in [9.17, 15) is 26.4 Å². The highest BCUT2D eigenvalue weighted by Gasteiger charge is 2.35. The molecule has 1 unspecified atom stereocenters. The highest BCUT2D eigenvalue weighted by Crippen LogP contribution is 2.17. The molecule has 0 aromatic carbocycles. The van der Waals surface area contributed by atoms with Gasteiger partial charge in [-0.05, 0) is 6.92 Å². The first-order valence-corrected chi connectivity index (χ1v) is 6.63. The molecule has 0 bridgehead atoms. The molecule has 9 heteroatoms. The van der Waals surface area contributed by atoms with Crippen molar-refractivity contribution in [2.75, 3.05) is 24.7 Å². The zero-order valence-electron chi connectivity index (χ0n) is 9.03. The molecule has 0 N–H and O–H groups in total. The van der Waals surface area contributed by atoms with Crippen molar-refractivity contribution in [3.05, 3.63) is 0 Å². The van der Waals surface area contributed by atoms with Gasteiger partial charge in [-0.1, -0.05) is 0 Å². The van der Waals surface area contributed by atoms with E-state index in [0.717, 1.165) is 4.90 Å². The van der Waals surface area contributed by atoms with Crippen LogP contribution in [0.15, 0.2) is 0 Å². The second-order valence-corrected chi connectivity index (χ2v) is 6.06. The van der Waals surface area contributed by atoms with Gasteiger partial charge in [-0.2, -0.15) is 13.2 Å². The van der Waals surface area contributed by atoms with E-state index < -0.39 is 34.8 Å². The molecule has 100 valence electrons. The summed E-state index contributed by atoms with van der Waals surface area (Å²) < 4.78 is 61.9. The van der Waals surface area contributed by atoms with Crippen molar-refractivity contribution >= 4 is 15.9 Å². The zero-order chi connectivity index (χ0) is 13.3. The molecule has 1 fully saturated rings. The number of carbonyl (C=O) groups excluding carboxylic acids is 1. The van der Waals surface area contributed by atoms with Gasteiger partial charge in [-0.3, -0.25) is 0 Å². The SMILES string of the molecule is CC1CS(=O)(=O)CCN1C(=O)OCC(F)(F)F. The second kappa shape index (κ2) is 4.71. The van der Waals surface area contributed by atoms with Crippen LogP contribution in [-0.4, -0.2) is 56.3 Å². The second-order valence-electron chi connectivity index (χ2n) is 3.83. The fraction of sp³-hybridized carbons (Fsp3) is 0.875. The lowest BCUT2D eigenvalue weighted by molar-refractivity contribution is -0.162.